The highest BCUT2D eigenvalue weighted by Crippen LogP contribution is 2.36. The maximum atomic E-state index is 13.7. The molecule has 2 aliphatic rings. The van der Waals surface area contributed by atoms with E-state index in [0.29, 0.717) is 30.0 Å². The van der Waals surface area contributed by atoms with Gasteiger partial charge in [0.2, 0.25) is 12.0 Å². The number of carbonyl (C=O) groups is 4. The second-order valence-corrected chi connectivity index (χ2v) is 14.2. The highest BCUT2D eigenvalue weighted by atomic mass is 16.6. The number of aromatic nitrogens is 4. The van der Waals surface area contributed by atoms with E-state index in [0.717, 1.165) is 65.1 Å². The Hall–Kier alpha value is -7.02. The molecule has 0 spiro atoms. The molecular formula is C44H42N8O5. The summed E-state index contributed by atoms with van der Waals surface area (Å²) in [5.74, 6) is 0.652. The molecule has 2 aromatic heterocycles. The van der Waals surface area contributed by atoms with Crippen molar-refractivity contribution < 1.29 is 23.9 Å². The highest BCUT2D eigenvalue weighted by Gasteiger charge is 2.38. The molecule has 6 aromatic rings. The first-order chi connectivity index (χ1) is 27.8. The van der Waals surface area contributed by atoms with Gasteiger partial charge >= 0.3 is 6.09 Å². The zero-order valence-electron chi connectivity index (χ0n) is 31.1. The molecule has 3 atom stereocenters. The molecule has 8 rings (SSSR count). The van der Waals surface area contributed by atoms with Gasteiger partial charge in [-0.25, -0.2) is 14.8 Å². The number of nitrogens with two attached hydrogens (primary N) is 1. The van der Waals surface area contributed by atoms with Crippen molar-refractivity contribution in [3.05, 3.63) is 144 Å². The third-order valence-electron chi connectivity index (χ3n) is 10.7. The number of rotatable bonds is 11. The lowest BCUT2D eigenvalue weighted by Gasteiger charge is -2.27. The number of ether oxygens (including phenoxy) is 1. The molecule has 0 aliphatic carbocycles. The summed E-state index contributed by atoms with van der Waals surface area (Å²) in [5, 5.41) is 2.75. The second kappa shape index (κ2) is 16.4. The van der Waals surface area contributed by atoms with E-state index in [-0.39, 0.29) is 36.3 Å². The van der Waals surface area contributed by atoms with E-state index in [1.807, 2.05) is 36.4 Å². The molecule has 2 fully saturated rings. The molecule has 288 valence electrons. The fraction of sp³-hybridized carbons (Fsp3) is 0.227. The second-order valence-electron chi connectivity index (χ2n) is 14.2. The van der Waals surface area contributed by atoms with Crippen LogP contribution in [0.5, 0.6) is 0 Å². The van der Waals surface area contributed by atoms with E-state index >= 15 is 0 Å². The van der Waals surface area contributed by atoms with Gasteiger partial charge in [0.25, 0.3) is 11.8 Å². The number of likely N-dealkylation sites (tertiary alicyclic amines) is 2. The average Bonchev–Trinajstić information content (AvgIpc) is 4.10. The SMILES string of the molecule is NC(=O)O[C@@H](C(=O)N1CCC[C@H]1c1ncc(-c2ccc(-c3ccc(-c4cnc([C@@H]5CCCN5C(=O)CNC(=O)c5ccccc5)[nH]4)cc3)cc2)[nH]1)c1ccccc1. The molecule has 57 heavy (non-hydrogen) atoms. The summed E-state index contributed by atoms with van der Waals surface area (Å²) in [7, 11) is 0. The fourth-order valence-electron chi connectivity index (χ4n) is 7.76. The third kappa shape index (κ3) is 8.04. The Morgan fingerprint density at radius 1 is 0.684 bits per heavy atom. The molecule has 2 saturated heterocycles. The molecular weight excluding hydrogens is 721 g/mol. The van der Waals surface area contributed by atoms with Crippen LogP contribution in [0.25, 0.3) is 33.6 Å². The minimum atomic E-state index is -1.13. The number of amides is 4. The molecule has 5 N–H and O–H groups in total. The summed E-state index contributed by atoms with van der Waals surface area (Å²) in [4.78, 5) is 70.7. The van der Waals surface area contributed by atoms with Crippen molar-refractivity contribution >= 4 is 23.8 Å². The summed E-state index contributed by atoms with van der Waals surface area (Å²) in [6.45, 7) is 1.05. The van der Waals surface area contributed by atoms with Crippen molar-refractivity contribution in [2.45, 2.75) is 43.9 Å². The Kier molecular flexibility index (Phi) is 10.6. The standard InChI is InChI=1S/C44H42N8O5/c45-44(56)57-39(32-9-3-1-4-10-32)43(55)52-24-8-14-37(52)41-47-26-35(50-41)31-21-17-29(18-22-31)28-15-19-30(20-16-28)34-25-46-40(49-34)36-13-7-23-51(36)38(53)27-48-42(54)33-11-5-2-6-12-33/h1-6,9-12,15-22,25-26,36-37,39H,7-8,13-14,23-24,27H2,(H2,45,56)(H,46,49)(H,47,50)(H,48,54)/t36-,37-,39+/m0/s1. The summed E-state index contributed by atoms with van der Waals surface area (Å²) >= 11 is 0. The van der Waals surface area contributed by atoms with Gasteiger partial charge in [-0.3, -0.25) is 14.4 Å². The Morgan fingerprint density at radius 3 is 1.72 bits per heavy atom. The maximum absolute atomic E-state index is 13.7. The van der Waals surface area contributed by atoms with Gasteiger partial charge in [-0.1, -0.05) is 97.1 Å². The van der Waals surface area contributed by atoms with E-state index in [1.54, 1.807) is 70.7 Å². The van der Waals surface area contributed by atoms with Crippen molar-refractivity contribution in [3.8, 4) is 33.6 Å². The zero-order chi connectivity index (χ0) is 39.3. The summed E-state index contributed by atoms with van der Waals surface area (Å²) in [6, 6.07) is 33.7. The van der Waals surface area contributed by atoms with E-state index in [9.17, 15) is 19.2 Å². The van der Waals surface area contributed by atoms with Crippen LogP contribution in [0.2, 0.25) is 0 Å². The Balaban J connectivity index is 0.898. The first-order valence-electron chi connectivity index (χ1n) is 19.1. The number of nitrogens with one attached hydrogen (secondary N) is 3. The van der Waals surface area contributed by atoms with Gasteiger partial charge in [0, 0.05) is 24.2 Å². The maximum Gasteiger partial charge on any atom is 0.405 e. The van der Waals surface area contributed by atoms with E-state index in [4.69, 9.17) is 10.5 Å². The van der Waals surface area contributed by atoms with Crippen molar-refractivity contribution in [3.63, 3.8) is 0 Å². The van der Waals surface area contributed by atoms with Crippen LogP contribution in [0.4, 0.5) is 4.79 Å². The molecule has 4 amide bonds. The minimum absolute atomic E-state index is 0.0720. The van der Waals surface area contributed by atoms with Gasteiger partial charge in [0.05, 0.1) is 42.4 Å². The van der Waals surface area contributed by atoms with E-state index in [1.165, 1.54) is 0 Å². The number of hydrogen-bond acceptors (Lipinski definition) is 7. The van der Waals surface area contributed by atoms with Gasteiger partial charge in [-0.15, -0.1) is 0 Å². The van der Waals surface area contributed by atoms with E-state index in [2.05, 4.69) is 49.5 Å². The van der Waals surface area contributed by atoms with Gasteiger partial charge in [0.1, 0.15) is 11.6 Å². The predicted octanol–water partition coefficient (Wildman–Crippen LogP) is 6.73. The van der Waals surface area contributed by atoms with Crippen molar-refractivity contribution in [1.82, 2.24) is 35.1 Å². The lowest BCUT2D eigenvalue weighted by Crippen LogP contribution is -2.40. The lowest BCUT2D eigenvalue weighted by molar-refractivity contribution is -0.141. The fourth-order valence-corrected chi connectivity index (χ4v) is 7.76. The van der Waals surface area contributed by atoms with Crippen LogP contribution in [0.3, 0.4) is 0 Å². The molecule has 0 unspecified atom stereocenters. The number of primary amides is 1. The van der Waals surface area contributed by atoms with Crippen LogP contribution in [-0.4, -0.2) is 73.2 Å². The largest absolute Gasteiger partial charge is 0.431 e. The summed E-state index contributed by atoms with van der Waals surface area (Å²) < 4.78 is 5.29. The van der Waals surface area contributed by atoms with Crippen LogP contribution < -0.4 is 11.1 Å². The average molecular weight is 763 g/mol. The minimum Gasteiger partial charge on any atom is -0.431 e. The van der Waals surface area contributed by atoms with Gasteiger partial charge < -0.3 is 35.6 Å². The smallest absolute Gasteiger partial charge is 0.405 e. The van der Waals surface area contributed by atoms with Gasteiger partial charge in [-0.05, 0) is 60.1 Å². The zero-order valence-corrected chi connectivity index (χ0v) is 31.1. The lowest BCUT2D eigenvalue weighted by atomic mass is 10.0. The topological polar surface area (TPSA) is 179 Å². The van der Waals surface area contributed by atoms with Crippen molar-refractivity contribution in [1.29, 1.82) is 0 Å². The normalized spacial score (nSPS) is 17.0. The van der Waals surface area contributed by atoms with Crippen molar-refractivity contribution in [2.24, 2.45) is 5.73 Å². The number of benzene rings is 4. The molecule has 0 radical (unpaired) electrons. The van der Waals surface area contributed by atoms with E-state index < -0.39 is 12.2 Å². The third-order valence-corrected chi connectivity index (χ3v) is 10.7. The molecule has 4 aromatic carbocycles. The molecule has 0 saturated carbocycles. The van der Waals surface area contributed by atoms with Crippen LogP contribution in [-0.2, 0) is 14.3 Å². The molecule has 4 heterocycles. The molecule has 0 bridgehead atoms. The van der Waals surface area contributed by atoms with Gasteiger partial charge in [0.15, 0.2) is 0 Å². The first kappa shape index (κ1) is 36.9. The van der Waals surface area contributed by atoms with Crippen LogP contribution in [0, 0.1) is 0 Å². The Morgan fingerprint density at radius 2 is 1.18 bits per heavy atom. The Bertz CT molecular complexity index is 2360. The summed E-state index contributed by atoms with van der Waals surface area (Å²) in [6.07, 6.45) is 4.60. The van der Waals surface area contributed by atoms with Crippen LogP contribution in [0.15, 0.2) is 122 Å². The van der Waals surface area contributed by atoms with Gasteiger partial charge in [-0.2, -0.15) is 0 Å². The number of aromatic amines is 2. The number of imidazole rings is 2. The number of carbonyl (C=O) groups excluding carboxylic acids is 4. The highest BCUT2D eigenvalue weighted by molar-refractivity contribution is 5.96. The Labute approximate surface area is 329 Å². The van der Waals surface area contributed by atoms with Crippen LogP contribution >= 0.6 is 0 Å². The molecule has 13 heteroatoms. The number of hydrogen-bond donors (Lipinski definition) is 4. The quantitative estimate of drug-likeness (QED) is 0.113. The van der Waals surface area contributed by atoms with Crippen molar-refractivity contribution in [2.75, 3.05) is 19.6 Å². The number of nitrogens with zero attached hydrogens (tertiary/aromatic N) is 4. The number of H-pyrrole nitrogens is 2. The molecule has 13 nitrogen and oxygen atoms in total. The first-order valence-corrected chi connectivity index (χ1v) is 19.1. The molecule has 2 aliphatic heterocycles. The predicted molar refractivity (Wildman–Crippen MR) is 213 cm³/mol. The summed E-state index contributed by atoms with van der Waals surface area (Å²) in [5.41, 5.74) is 12.1. The van der Waals surface area contributed by atoms with Crippen LogP contribution in [0.1, 0.15) is 71.4 Å². The monoisotopic (exact) mass is 762 g/mol.